The molecule has 2 heterocycles. The minimum Gasteiger partial charge on any atom is -0.301 e. The predicted molar refractivity (Wildman–Crippen MR) is 154 cm³/mol. The van der Waals surface area contributed by atoms with Gasteiger partial charge in [-0.1, -0.05) is 52.5 Å². The van der Waals surface area contributed by atoms with E-state index in [0.29, 0.717) is 12.8 Å². The van der Waals surface area contributed by atoms with Crippen LogP contribution < -0.4 is 11.0 Å². The molecule has 2 amide bonds. The van der Waals surface area contributed by atoms with Gasteiger partial charge in [0.05, 0.1) is 11.0 Å². The number of aromatic nitrogens is 2. The molecule has 0 bridgehead atoms. The van der Waals surface area contributed by atoms with E-state index < -0.39 is 11.9 Å². The number of imide groups is 1. The van der Waals surface area contributed by atoms with Gasteiger partial charge in [0.15, 0.2) is 0 Å². The molecule has 1 unspecified atom stereocenters. The number of hydrogen-bond acceptors (Lipinski definition) is 5. The van der Waals surface area contributed by atoms with Crippen LogP contribution in [0.2, 0.25) is 0 Å². The summed E-state index contributed by atoms with van der Waals surface area (Å²) in [5, 5.41) is 2.23. The third-order valence-electron chi connectivity index (χ3n) is 8.18. The number of rotatable bonds is 11. The molecule has 1 aliphatic carbocycles. The molecule has 8 heteroatoms. The highest BCUT2D eigenvalue weighted by Crippen LogP contribution is 2.25. The Kier molecular flexibility index (Phi) is 12.1. The first kappa shape index (κ1) is 30.1. The number of carbonyl (C=O) groups is 2. The molecule has 38 heavy (non-hydrogen) atoms. The zero-order valence-corrected chi connectivity index (χ0v) is 24.1. The van der Waals surface area contributed by atoms with Gasteiger partial charge in [-0.15, -0.1) is 0 Å². The van der Waals surface area contributed by atoms with Gasteiger partial charge in [0.25, 0.3) is 0 Å². The van der Waals surface area contributed by atoms with E-state index in [-0.39, 0.29) is 5.69 Å². The van der Waals surface area contributed by atoms with Crippen LogP contribution in [0, 0.1) is 5.92 Å². The zero-order valence-electron chi connectivity index (χ0n) is 24.1. The number of imidazole rings is 1. The second kappa shape index (κ2) is 15.2. The van der Waals surface area contributed by atoms with E-state index in [1.54, 1.807) is 11.6 Å². The minimum absolute atomic E-state index is 0.229. The SMILES string of the molecule is CC.CCCC(C(=O)NC=O)n1c(=O)n(C)c2cc(CCCN3CCN(CC4CCCCC4)CC3)ccc21. The first-order chi connectivity index (χ1) is 18.5. The van der Waals surface area contributed by atoms with Crippen molar-refractivity contribution in [3.8, 4) is 0 Å². The molecule has 8 nitrogen and oxygen atoms in total. The number of fused-ring (bicyclic) bond motifs is 1. The van der Waals surface area contributed by atoms with E-state index in [9.17, 15) is 14.4 Å². The number of carbonyl (C=O) groups excluding carboxylic acids is 2. The average Bonchev–Trinajstić information content (AvgIpc) is 3.19. The highest BCUT2D eigenvalue weighted by Gasteiger charge is 2.25. The Balaban J connectivity index is 0.00000195. The average molecular weight is 528 g/mol. The Labute approximate surface area is 228 Å². The number of nitrogens with zero attached hydrogens (tertiary/aromatic N) is 4. The molecule has 0 spiro atoms. The number of nitrogens with one attached hydrogen (secondary N) is 1. The molecule has 212 valence electrons. The van der Waals surface area contributed by atoms with Gasteiger partial charge in [-0.25, -0.2) is 4.79 Å². The fourth-order valence-corrected chi connectivity index (χ4v) is 6.11. The summed E-state index contributed by atoms with van der Waals surface area (Å²) in [4.78, 5) is 41.6. The first-order valence-corrected chi connectivity index (χ1v) is 14.9. The normalized spacial score (nSPS) is 18.1. The highest BCUT2D eigenvalue weighted by molar-refractivity contribution is 5.90. The molecule has 1 saturated carbocycles. The fourth-order valence-electron chi connectivity index (χ4n) is 6.11. The van der Waals surface area contributed by atoms with Crippen LogP contribution in [-0.2, 0) is 23.1 Å². The van der Waals surface area contributed by atoms with Crippen molar-refractivity contribution in [1.82, 2.24) is 24.3 Å². The van der Waals surface area contributed by atoms with Gasteiger partial charge in [0.2, 0.25) is 12.3 Å². The summed E-state index contributed by atoms with van der Waals surface area (Å²) in [6.45, 7) is 13.0. The summed E-state index contributed by atoms with van der Waals surface area (Å²) in [5.74, 6) is 0.479. The molecule has 2 fully saturated rings. The van der Waals surface area contributed by atoms with Crippen LogP contribution in [0.15, 0.2) is 23.0 Å². The van der Waals surface area contributed by atoms with Crippen LogP contribution in [0.1, 0.15) is 83.7 Å². The Morgan fingerprint density at radius 3 is 2.39 bits per heavy atom. The Morgan fingerprint density at radius 2 is 1.74 bits per heavy atom. The molecule has 1 aromatic heterocycles. The molecular formula is C30H49N5O3. The second-order valence-corrected chi connectivity index (χ2v) is 10.7. The summed E-state index contributed by atoms with van der Waals surface area (Å²) in [5.41, 5.74) is 2.54. The van der Waals surface area contributed by atoms with Gasteiger partial charge in [-0.05, 0) is 62.3 Å². The lowest BCUT2D eigenvalue weighted by molar-refractivity contribution is -0.128. The first-order valence-electron chi connectivity index (χ1n) is 14.9. The third kappa shape index (κ3) is 7.56. The van der Waals surface area contributed by atoms with Gasteiger partial charge in [-0.2, -0.15) is 0 Å². The molecule has 4 rings (SSSR count). The Morgan fingerprint density at radius 1 is 1.05 bits per heavy atom. The molecule has 1 atom stereocenters. The lowest BCUT2D eigenvalue weighted by atomic mass is 9.89. The van der Waals surface area contributed by atoms with Gasteiger partial charge >= 0.3 is 5.69 Å². The standard InChI is InChI=1S/C28H43N5O3.C2H6/c1-3-8-25(27(35)29-21-34)33-24-13-12-22(19-26(24)30(2)28(33)36)11-7-14-31-15-17-32(18-16-31)20-23-9-5-4-6-10-23;1-2/h12-13,19,21,23,25H,3-11,14-18,20H2,1-2H3,(H,29,34,35);1-2H3. The molecule has 1 saturated heterocycles. The summed E-state index contributed by atoms with van der Waals surface area (Å²) >= 11 is 0. The van der Waals surface area contributed by atoms with Crippen molar-refractivity contribution in [1.29, 1.82) is 0 Å². The molecule has 2 aliphatic rings. The van der Waals surface area contributed by atoms with Gasteiger partial charge in [0, 0.05) is 39.8 Å². The zero-order chi connectivity index (χ0) is 27.5. The minimum atomic E-state index is -0.695. The highest BCUT2D eigenvalue weighted by atomic mass is 16.2. The Hall–Kier alpha value is -2.45. The smallest absolute Gasteiger partial charge is 0.301 e. The van der Waals surface area contributed by atoms with E-state index in [0.717, 1.165) is 55.8 Å². The maximum Gasteiger partial charge on any atom is 0.329 e. The maximum absolute atomic E-state index is 13.0. The van der Waals surface area contributed by atoms with E-state index in [1.165, 1.54) is 61.9 Å². The van der Waals surface area contributed by atoms with Crippen molar-refractivity contribution in [3.05, 3.63) is 34.2 Å². The predicted octanol–water partition coefficient (Wildman–Crippen LogP) is 4.11. The topological polar surface area (TPSA) is 79.6 Å². The summed E-state index contributed by atoms with van der Waals surface area (Å²) in [6.07, 6.45) is 10.8. The van der Waals surface area contributed by atoms with Crippen LogP contribution in [0.25, 0.3) is 11.0 Å². The summed E-state index contributed by atoms with van der Waals surface area (Å²) in [6, 6.07) is 5.41. The van der Waals surface area contributed by atoms with E-state index in [1.807, 2.05) is 26.8 Å². The summed E-state index contributed by atoms with van der Waals surface area (Å²) in [7, 11) is 1.75. The van der Waals surface area contributed by atoms with Gasteiger partial charge in [-0.3, -0.25) is 24.0 Å². The van der Waals surface area contributed by atoms with Crippen molar-refractivity contribution in [2.45, 2.75) is 84.6 Å². The van der Waals surface area contributed by atoms with Gasteiger partial charge < -0.3 is 9.80 Å². The third-order valence-corrected chi connectivity index (χ3v) is 8.18. The van der Waals surface area contributed by atoms with Crippen LogP contribution in [0.5, 0.6) is 0 Å². The van der Waals surface area contributed by atoms with E-state index in [4.69, 9.17) is 0 Å². The van der Waals surface area contributed by atoms with Crippen molar-refractivity contribution in [3.63, 3.8) is 0 Å². The summed E-state index contributed by atoms with van der Waals surface area (Å²) < 4.78 is 3.15. The van der Waals surface area contributed by atoms with Crippen LogP contribution in [0.4, 0.5) is 0 Å². The Bertz CT molecular complexity index is 1080. The number of benzene rings is 1. The maximum atomic E-state index is 13.0. The molecule has 1 aliphatic heterocycles. The number of hydrogen-bond donors (Lipinski definition) is 1. The van der Waals surface area contributed by atoms with Crippen molar-refractivity contribution < 1.29 is 9.59 Å². The van der Waals surface area contributed by atoms with Crippen molar-refractivity contribution >= 4 is 23.4 Å². The molecular weight excluding hydrogens is 478 g/mol. The number of amides is 2. The quantitative estimate of drug-likeness (QED) is 0.445. The van der Waals surface area contributed by atoms with Gasteiger partial charge in [0.1, 0.15) is 6.04 Å². The number of piperazine rings is 1. The fraction of sp³-hybridized carbons (Fsp3) is 0.700. The molecule has 1 aromatic carbocycles. The van der Waals surface area contributed by atoms with E-state index in [2.05, 4.69) is 27.2 Å². The van der Waals surface area contributed by atoms with E-state index >= 15 is 0 Å². The van der Waals surface area contributed by atoms with Crippen LogP contribution >= 0.6 is 0 Å². The molecule has 1 N–H and O–H groups in total. The second-order valence-electron chi connectivity index (χ2n) is 10.7. The van der Waals surface area contributed by atoms with Crippen LogP contribution in [-0.4, -0.2) is 70.5 Å². The molecule has 0 radical (unpaired) electrons. The lowest BCUT2D eigenvalue weighted by Crippen LogP contribution is -2.48. The monoisotopic (exact) mass is 527 g/mol. The lowest BCUT2D eigenvalue weighted by Gasteiger charge is -2.37. The van der Waals surface area contributed by atoms with Crippen molar-refractivity contribution in [2.24, 2.45) is 13.0 Å². The van der Waals surface area contributed by atoms with Crippen LogP contribution in [0.3, 0.4) is 0 Å². The molecule has 2 aromatic rings. The largest absolute Gasteiger partial charge is 0.329 e. The van der Waals surface area contributed by atoms with Crippen molar-refractivity contribution in [2.75, 3.05) is 39.3 Å². The number of aryl methyl sites for hydroxylation is 2.